The molecule has 0 unspecified atom stereocenters. The molecule has 31 heavy (non-hydrogen) atoms. The van der Waals surface area contributed by atoms with Gasteiger partial charge in [0.1, 0.15) is 12.4 Å². The first-order valence-corrected chi connectivity index (χ1v) is 9.80. The topological polar surface area (TPSA) is 83.3 Å². The van der Waals surface area contributed by atoms with Crippen LogP contribution in [0.4, 0.5) is 10.1 Å². The van der Waals surface area contributed by atoms with Gasteiger partial charge in [-0.3, -0.25) is 4.79 Å². The molecule has 3 N–H and O–H groups in total. The van der Waals surface area contributed by atoms with E-state index in [4.69, 9.17) is 0 Å². The van der Waals surface area contributed by atoms with Crippen molar-refractivity contribution >= 4 is 41.5 Å². The normalized spacial score (nSPS) is 10.8. The van der Waals surface area contributed by atoms with E-state index in [1.165, 1.54) is 29.8 Å². The largest absolute Gasteiger partial charge is 0.357 e. The van der Waals surface area contributed by atoms with Crippen molar-refractivity contribution in [3.63, 3.8) is 0 Å². The molecule has 0 aliphatic heterocycles. The Bertz CT molecular complexity index is 959. The van der Waals surface area contributed by atoms with E-state index in [1.54, 1.807) is 6.20 Å². The molecule has 0 atom stereocenters. The molecule has 1 heterocycles. The third-order valence-electron chi connectivity index (χ3n) is 4.26. The predicted molar refractivity (Wildman–Crippen MR) is 132 cm³/mol. The van der Waals surface area contributed by atoms with E-state index in [2.05, 4.69) is 38.2 Å². The summed E-state index contributed by atoms with van der Waals surface area (Å²) >= 11 is 0. The maximum Gasteiger partial charge on any atom is 0.246 e. The number of aromatic nitrogens is 2. The Kier molecular flexibility index (Phi) is 9.95. The van der Waals surface area contributed by atoms with Crippen LogP contribution in [0.25, 0.3) is 5.69 Å². The average Bonchev–Trinajstić information content (AvgIpc) is 3.29. The summed E-state index contributed by atoms with van der Waals surface area (Å²) < 4.78 is 14.7. The highest BCUT2D eigenvalue weighted by Gasteiger charge is 2.04. The molecule has 2 aromatic carbocycles. The van der Waals surface area contributed by atoms with Crippen LogP contribution < -0.4 is 16.0 Å². The maximum atomic E-state index is 12.9. The number of rotatable bonds is 8. The number of hydrogen-bond donors (Lipinski definition) is 3. The van der Waals surface area contributed by atoms with E-state index in [0.29, 0.717) is 24.7 Å². The van der Waals surface area contributed by atoms with Crippen molar-refractivity contribution in [1.82, 2.24) is 20.4 Å². The molecule has 0 bridgehead atoms. The van der Waals surface area contributed by atoms with Crippen molar-refractivity contribution in [3.05, 3.63) is 78.4 Å². The third kappa shape index (κ3) is 8.00. The lowest BCUT2D eigenvalue weighted by molar-refractivity contribution is -0.114. The number of halogens is 2. The summed E-state index contributed by atoms with van der Waals surface area (Å²) in [7, 11) is 0. The molecular formula is C22H26FIN6O. The number of nitrogens with zero attached hydrogens (tertiary/aromatic N) is 3. The second-order valence-electron chi connectivity index (χ2n) is 6.54. The molecule has 3 aromatic rings. The minimum Gasteiger partial charge on any atom is -0.357 e. The second-order valence-corrected chi connectivity index (χ2v) is 6.54. The third-order valence-corrected chi connectivity index (χ3v) is 4.26. The van der Waals surface area contributed by atoms with Crippen LogP contribution in [0.5, 0.6) is 0 Å². The Morgan fingerprint density at radius 1 is 1.10 bits per heavy atom. The molecule has 7 nitrogen and oxygen atoms in total. The van der Waals surface area contributed by atoms with Crippen LogP contribution in [0, 0.1) is 5.82 Å². The zero-order valence-electron chi connectivity index (χ0n) is 17.2. The van der Waals surface area contributed by atoms with E-state index < -0.39 is 0 Å². The van der Waals surface area contributed by atoms with Gasteiger partial charge < -0.3 is 16.0 Å². The summed E-state index contributed by atoms with van der Waals surface area (Å²) in [6.45, 7) is 3.28. The fourth-order valence-electron chi connectivity index (χ4n) is 2.79. The molecule has 164 valence electrons. The molecule has 1 amide bonds. The van der Waals surface area contributed by atoms with Crippen LogP contribution in [0.2, 0.25) is 0 Å². The number of benzene rings is 2. The lowest BCUT2D eigenvalue weighted by Crippen LogP contribution is -2.39. The Labute approximate surface area is 198 Å². The van der Waals surface area contributed by atoms with Gasteiger partial charge in [0.05, 0.1) is 5.69 Å². The number of amides is 1. The Morgan fingerprint density at radius 3 is 2.48 bits per heavy atom. The SMILES string of the molecule is CCNC(=NCC(=O)Nc1ccc(F)cc1)NCCc1ccc(-n2cccn2)cc1.I. The second kappa shape index (κ2) is 12.7. The molecule has 1 aromatic heterocycles. The van der Waals surface area contributed by atoms with Gasteiger partial charge in [-0.15, -0.1) is 24.0 Å². The smallest absolute Gasteiger partial charge is 0.246 e. The predicted octanol–water partition coefficient (Wildman–Crippen LogP) is 3.37. The molecule has 0 saturated carbocycles. The van der Waals surface area contributed by atoms with Gasteiger partial charge >= 0.3 is 0 Å². The summed E-state index contributed by atoms with van der Waals surface area (Å²) in [4.78, 5) is 16.4. The molecular weight excluding hydrogens is 510 g/mol. The number of hydrogen-bond acceptors (Lipinski definition) is 3. The quantitative estimate of drug-likeness (QED) is 0.234. The summed E-state index contributed by atoms with van der Waals surface area (Å²) in [6, 6.07) is 15.7. The first-order valence-electron chi connectivity index (χ1n) is 9.80. The number of carbonyl (C=O) groups is 1. The minimum absolute atomic E-state index is 0. The molecule has 3 rings (SSSR count). The number of carbonyl (C=O) groups excluding carboxylic acids is 1. The highest BCUT2D eigenvalue weighted by Crippen LogP contribution is 2.09. The summed E-state index contributed by atoms with van der Waals surface area (Å²) in [5, 5.41) is 13.3. The van der Waals surface area contributed by atoms with E-state index in [9.17, 15) is 9.18 Å². The van der Waals surface area contributed by atoms with Crippen LogP contribution in [0.1, 0.15) is 12.5 Å². The number of aliphatic imine (C=N–C) groups is 1. The average molecular weight is 536 g/mol. The van der Waals surface area contributed by atoms with Crippen LogP contribution in [-0.4, -0.2) is 41.3 Å². The van der Waals surface area contributed by atoms with Crippen molar-refractivity contribution in [3.8, 4) is 5.69 Å². The van der Waals surface area contributed by atoms with E-state index in [0.717, 1.165) is 12.1 Å². The standard InChI is InChI=1S/C22H25FN6O.HI/c1-2-24-22(26-16-21(30)28-19-8-6-18(23)7-9-19)25-14-12-17-4-10-20(11-5-17)29-15-3-13-27-29;/h3-11,13,15H,2,12,14,16H2,1H3,(H,28,30)(H2,24,25,26);1H. The zero-order valence-corrected chi connectivity index (χ0v) is 19.5. The Morgan fingerprint density at radius 2 is 1.84 bits per heavy atom. The lowest BCUT2D eigenvalue weighted by atomic mass is 10.1. The summed E-state index contributed by atoms with van der Waals surface area (Å²) in [5.41, 5.74) is 2.73. The van der Waals surface area contributed by atoms with Gasteiger partial charge in [0.2, 0.25) is 5.91 Å². The fourth-order valence-corrected chi connectivity index (χ4v) is 2.79. The summed E-state index contributed by atoms with van der Waals surface area (Å²) in [5.74, 6) is -0.0476. The first kappa shape index (κ1) is 24.3. The zero-order chi connectivity index (χ0) is 21.2. The molecule has 0 spiro atoms. The molecule has 0 saturated heterocycles. The van der Waals surface area contributed by atoms with E-state index in [1.807, 2.05) is 36.0 Å². The lowest BCUT2D eigenvalue weighted by Gasteiger charge is -2.11. The molecule has 0 fully saturated rings. The van der Waals surface area contributed by atoms with Crippen molar-refractivity contribution in [2.45, 2.75) is 13.3 Å². The van der Waals surface area contributed by atoms with Crippen molar-refractivity contribution in [2.24, 2.45) is 4.99 Å². The van der Waals surface area contributed by atoms with Crippen LogP contribution >= 0.6 is 24.0 Å². The van der Waals surface area contributed by atoms with E-state index in [-0.39, 0.29) is 42.2 Å². The highest BCUT2D eigenvalue weighted by molar-refractivity contribution is 14.0. The van der Waals surface area contributed by atoms with Crippen LogP contribution in [0.15, 0.2) is 72.0 Å². The summed E-state index contributed by atoms with van der Waals surface area (Å²) in [6.07, 6.45) is 4.47. The highest BCUT2D eigenvalue weighted by atomic mass is 127. The fraction of sp³-hybridized carbons (Fsp3) is 0.227. The van der Waals surface area contributed by atoms with Crippen LogP contribution in [0.3, 0.4) is 0 Å². The Balaban J connectivity index is 0.00000341. The van der Waals surface area contributed by atoms with Crippen molar-refractivity contribution < 1.29 is 9.18 Å². The first-order chi connectivity index (χ1) is 14.6. The van der Waals surface area contributed by atoms with Gasteiger partial charge in [0.15, 0.2) is 5.96 Å². The van der Waals surface area contributed by atoms with Gasteiger partial charge in [0, 0.05) is 31.2 Å². The molecule has 9 heteroatoms. The van der Waals surface area contributed by atoms with Crippen LogP contribution in [-0.2, 0) is 11.2 Å². The maximum absolute atomic E-state index is 12.9. The molecule has 0 aliphatic rings. The monoisotopic (exact) mass is 536 g/mol. The van der Waals surface area contributed by atoms with Crippen molar-refractivity contribution in [2.75, 3.05) is 25.0 Å². The van der Waals surface area contributed by atoms with Gasteiger partial charge in [-0.05, 0) is 61.4 Å². The van der Waals surface area contributed by atoms with Gasteiger partial charge in [-0.1, -0.05) is 12.1 Å². The number of nitrogens with one attached hydrogen (secondary N) is 3. The van der Waals surface area contributed by atoms with Gasteiger partial charge in [-0.25, -0.2) is 14.1 Å². The van der Waals surface area contributed by atoms with Gasteiger partial charge in [-0.2, -0.15) is 5.10 Å². The van der Waals surface area contributed by atoms with E-state index >= 15 is 0 Å². The molecule has 0 aliphatic carbocycles. The number of anilines is 1. The number of guanidine groups is 1. The van der Waals surface area contributed by atoms with Crippen molar-refractivity contribution in [1.29, 1.82) is 0 Å². The Hall–Kier alpha value is -2.95. The van der Waals surface area contributed by atoms with Gasteiger partial charge in [0.25, 0.3) is 0 Å². The molecule has 0 radical (unpaired) electrons. The minimum atomic E-state index is -0.347.